The van der Waals surface area contributed by atoms with Crippen molar-refractivity contribution >= 4 is 16.3 Å². The Balaban J connectivity index is 0. The summed E-state index contributed by atoms with van der Waals surface area (Å²) in [5, 5.41) is 40.4. The molecule has 0 saturated carbocycles. The minimum absolute atomic E-state index is 0. The summed E-state index contributed by atoms with van der Waals surface area (Å²) in [6.07, 6.45) is -4.61. The van der Waals surface area contributed by atoms with Gasteiger partial charge in [-0.2, -0.15) is 0 Å². The zero-order valence-electron chi connectivity index (χ0n) is 13.8. The van der Waals surface area contributed by atoms with Gasteiger partial charge >= 0.3 is 29.6 Å². The van der Waals surface area contributed by atoms with Crippen LogP contribution in [-0.2, 0) is 19.4 Å². The number of amides is 1. The minimum Gasteiger partial charge on any atom is -0.726 e. The van der Waals surface area contributed by atoms with Crippen LogP contribution in [0, 0.1) is 0 Å². The second kappa shape index (κ2) is 13.4. The van der Waals surface area contributed by atoms with Gasteiger partial charge in [-0.05, 0) is 6.42 Å². The first-order chi connectivity index (χ1) is 10.6. The Kier molecular flexibility index (Phi) is 14.7. The molecule has 24 heavy (non-hydrogen) atoms. The quantitative estimate of drug-likeness (QED) is 0.0955. The average molecular weight is 381 g/mol. The van der Waals surface area contributed by atoms with Crippen LogP contribution < -0.4 is 34.9 Å². The second-order valence-corrected chi connectivity index (χ2v) is 6.09. The summed E-state index contributed by atoms with van der Waals surface area (Å²) in [6.45, 7) is 1.18. The van der Waals surface area contributed by atoms with Gasteiger partial charge in [0.1, 0.15) is 18.3 Å². The van der Waals surface area contributed by atoms with E-state index in [4.69, 9.17) is 0 Å². The van der Waals surface area contributed by atoms with Crippen molar-refractivity contribution in [2.24, 2.45) is 0 Å². The molecule has 0 aromatic rings. The predicted molar refractivity (Wildman–Crippen MR) is 76.8 cm³/mol. The van der Waals surface area contributed by atoms with Gasteiger partial charge in [0.2, 0.25) is 10.4 Å². The van der Waals surface area contributed by atoms with Gasteiger partial charge in [0, 0.05) is 6.54 Å². The molecule has 0 aromatic heterocycles. The van der Waals surface area contributed by atoms with Crippen LogP contribution in [0.15, 0.2) is 0 Å². The van der Waals surface area contributed by atoms with Crippen molar-refractivity contribution in [2.75, 3.05) is 13.2 Å². The number of rotatable bonds is 12. The fourth-order valence-corrected chi connectivity index (χ4v) is 2.00. The van der Waals surface area contributed by atoms with E-state index >= 15 is 0 Å². The summed E-state index contributed by atoms with van der Waals surface area (Å²) in [7, 11) is -5.08. The van der Waals surface area contributed by atoms with Crippen molar-refractivity contribution in [3.05, 3.63) is 0 Å². The number of aliphatic hydroxyl groups excluding tert-OH is 4. The molecule has 0 radical (unpaired) electrons. The van der Waals surface area contributed by atoms with Crippen molar-refractivity contribution in [2.45, 2.75) is 57.0 Å². The molecule has 4 atom stereocenters. The maximum Gasteiger partial charge on any atom is 1.00 e. The molecule has 0 fully saturated rings. The van der Waals surface area contributed by atoms with E-state index in [-0.39, 0.29) is 36.1 Å². The van der Waals surface area contributed by atoms with E-state index in [1.807, 2.05) is 6.92 Å². The van der Waals surface area contributed by atoms with Crippen LogP contribution in [-0.4, -0.2) is 76.9 Å². The van der Waals surface area contributed by atoms with Gasteiger partial charge in [0.05, 0.1) is 6.61 Å². The van der Waals surface area contributed by atoms with Crippen molar-refractivity contribution < 1.29 is 71.9 Å². The Morgan fingerprint density at radius 3 is 2.21 bits per heavy atom. The van der Waals surface area contributed by atoms with E-state index in [9.17, 15) is 38.2 Å². The Hall–Kier alpha value is 0.180. The van der Waals surface area contributed by atoms with Crippen molar-refractivity contribution in [3.8, 4) is 0 Å². The van der Waals surface area contributed by atoms with E-state index in [0.29, 0.717) is 6.42 Å². The first-order valence-electron chi connectivity index (χ1n) is 7.20. The normalized spacial score (nSPS) is 16.6. The number of aliphatic hydroxyl groups is 4. The summed E-state index contributed by atoms with van der Waals surface area (Å²) < 4.78 is 34.4. The molecule has 10 nitrogen and oxygen atoms in total. The molecule has 0 aromatic carbocycles. The molecule has 12 heteroatoms. The van der Waals surface area contributed by atoms with Crippen LogP contribution in [0.1, 0.15) is 32.6 Å². The van der Waals surface area contributed by atoms with Crippen molar-refractivity contribution in [1.29, 1.82) is 0 Å². The van der Waals surface area contributed by atoms with Crippen molar-refractivity contribution in [3.63, 3.8) is 0 Å². The van der Waals surface area contributed by atoms with Gasteiger partial charge in [-0.25, -0.2) is 8.42 Å². The maximum atomic E-state index is 11.6. The van der Waals surface area contributed by atoms with E-state index in [2.05, 4.69) is 9.50 Å². The van der Waals surface area contributed by atoms with E-state index in [1.165, 1.54) is 0 Å². The third-order valence-corrected chi connectivity index (χ3v) is 3.47. The van der Waals surface area contributed by atoms with Crippen LogP contribution in [0.5, 0.6) is 0 Å². The van der Waals surface area contributed by atoms with Gasteiger partial charge in [-0.15, -0.1) is 0 Å². The molecule has 0 rings (SSSR count). The molecule has 0 aliphatic rings. The van der Waals surface area contributed by atoms with Crippen LogP contribution in [0.2, 0.25) is 0 Å². The fourth-order valence-electron chi connectivity index (χ4n) is 1.69. The summed E-state index contributed by atoms with van der Waals surface area (Å²) in [5.74, 6) is -0.947. The Morgan fingerprint density at radius 2 is 1.71 bits per heavy atom. The number of hydrogen-bond acceptors (Lipinski definition) is 9. The Labute approximate surface area is 163 Å². The SMILES string of the molecule is CCCCCCNC(=O)[C@H](O)[C@@H](O)[C@H](O)[C@H](O)COS(=O)(=O)[O-].[Na+]. The van der Waals surface area contributed by atoms with Gasteiger partial charge < -0.3 is 30.3 Å². The molecule has 5 N–H and O–H groups in total. The van der Waals surface area contributed by atoms with E-state index in [1.54, 1.807) is 0 Å². The Bertz CT molecular complexity index is 448. The smallest absolute Gasteiger partial charge is 0.726 e. The van der Waals surface area contributed by atoms with Crippen LogP contribution >= 0.6 is 0 Å². The van der Waals surface area contributed by atoms with Crippen LogP contribution in [0.3, 0.4) is 0 Å². The third kappa shape index (κ3) is 11.7. The molecule has 0 unspecified atom stereocenters. The molecule has 1 amide bonds. The predicted octanol–water partition coefficient (Wildman–Crippen LogP) is -5.39. The van der Waals surface area contributed by atoms with Gasteiger partial charge in [-0.3, -0.25) is 8.98 Å². The number of nitrogens with one attached hydrogen (secondary N) is 1. The second-order valence-electron chi connectivity index (χ2n) is 5.04. The van der Waals surface area contributed by atoms with Gasteiger partial charge in [0.15, 0.2) is 6.10 Å². The number of carbonyl (C=O) groups is 1. The van der Waals surface area contributed by atoms with E-state index < -0.39 is 47.3 Å². The summed E-state index contributed by atoms with van der Waals surface area (Å²) >= 11 is 0. The molecular formula is C12H24NNaO9S. The number of hydrogen-bond donors (Lipinski definition) is 5. The fraction of sp³-hybridized carbons (Fsp3) is 0.917. The summed E-state index contributed by atoms with van der Waals surface area (Å²) in [5.41, 5.74) is 0. The van der Waals surface area contributed by atoms with E-state index in [0.717, 1.165) is 19.3 Å². The zero-order chi connectivity index (χ0) is 18.0. The molecule has 138 valence electrons. The Morgan fingerprint density at radius 1 is 1.12 bits per heavy atom. The maximum absolute atomic E-state index is 11.6. The molecule has 0 aliphatic heterocycles. The molecule has 0 bridgehead atoms. The minimum atomic E-state index is -5.08. The average Bonchev–Trinajstić information content (AvgIpc) is 2.49. The molecule has 0 heterocycles. The monoisotopic (exact) mass is 381 g/mol. The molecule has 0 aliphatic carbocycles. The third-order valence-electron chi connectivity index (χ3n) is 3.05. The topological polar surface area (TPSA) is 176 Å². The van der Waals surface area contributed by atoms with Gasteiger partial charge in [0.25, 0.3) is 5.91 Å². The zero-order valence-corrected chi connectivity index (χ0v) is 16.6. The van der Waals surface area contributed by atoms with Crippen LogP contribution in [0.4, 0.5) is 0 Å². The number of unbranched alkanes of at least 4 members (excludes halogenated alkanes) is 3. The first kappa shape index (κ1) is 26.4. The summed E-state index contributed by atoms with van der Waals surface area (Å²) in [4.78, 5) is 11.6. The molecule has 0 spiro atoms. The van der Waals surface area contributed by atoms with Gasteiger partial charge in [-0.1, -0.05) is 26.2 Å². The largest absolute Gasteiger partial charge is 1.00 e. The molecule has 0 saturated heterocycles. The standard InChI is InChI=1S/C12H25NO9S.Na/c1-2-3-4-5-6-13-12(18)11(17)10(16)9(15)8(14)7-22-23(19,20)21;/h8-11,14-17H,2-7H2,1H3,(H,13,18)(H,19,20,21);/q;+1/p-1/t8-,9-,10+,11-;/m1./s1. The first-order valence-corrected chi connectivity index (χ1v) is 8.53. The summed E-state index contributed by atoms with van der Waals surface area (Å²) in [6, 6.07) is 0. The number of carbonyl (C=O) groups excluding carboxylic acids is 1. The molecular weight excluding hydrogens is 357 g/mol. The van der Waals surface area contributed by atoms with Crippen LogP contribution in [0.25, 0.3) is 0 Å². The van der Waals surface area contributed by atoms with Crippen molar-refractivity contribution in [1.82, 2.24) is 5.32 Å².